The number of carbonyl (C=O) groups is 2. The quantitative estimate of drug-likeness (QED) is 0.939. The maximum absolute atomic E-state index is 12.2. The molecule has 1 aromatic heterocycles. The molecule has 2 heterocycles. The van der Waals surface area contributed by atoms with Crippen LogP contribution in [-0.2, 0) is 17.8 Å². The van der Waals surface area contributed by atoms with Crippen LogP contribution in [0.15, 0.2) is 47.3 Å². The zero-order valence-electron chi connectivity index (χ0n) is 12.2. The number of hydrogen-bond acceptors (Lipinski definition) is 3. The van der Waals surface area contributed by atoms with Gasteiger partial charge in [0, 0.05) is 26.1 Å². The monoisotopic (exact) mass is 298 g/mol. The highest BCUT2D eigenvalue weighted by molar-refractivity contribution is 5.94. The van der Waals surface area contributed by atoms with Gasteiger partial charge >= 0.3 is 0 Å². The lowest BCUT2D eigenvalue weighted by molar-refractivity contribution is -0.131. The van der Waals surface area contributed by atoms with Crippen molar-refractivity contribution in [3.63, 3.8) is 0 Å². The molecule has 22 heavy (non-hydrogen) atoms. The van der Waals surface area contributed by atoms with E-state index in [0.717, 1.165) is 13.0 Å². The number of furan rings is 1. The number of nitrogens with one attached hydrogen (secondary N) is 1. The van der Waals surface area contributed by atoms with E-state index < -0.39 is 0 Å². The first kappa shape index (κ1) is 14.4. The second-order valence-electron chi connectivity index (χ2n) is 5.35. The molecule has 0 spiro atoms. The molecule has 1 aromatic carbocycles. The minimum atomic E-state index is -0.217. The third-order valence-electron chi connectivity index (χ3n) is 3.89. The van der Waals surface area contributed by atoms with Crippen LogP contribution in [0.2, 0.25) is 0 Å². The van der Waals surface area contributed by atoms with E-state index in [1.165, 1.54) is 23.7 Å². The van der Waals surface area contributed by atoms with Crippen molar-refractivity contribution in [2.45, 2.75) is 19.4 Å². The fourth-order valence-electron chi connectivity index (χ4n) is 2.65. The topological polar surface area (TPSA) is 62.6 Å². The Labute approximate surface area is 128 Å². The van der Waals surface area contributed by atoms with Gasteiger partial charge in [0.25, 0.3) is 5.91 Å². The van der Waals surface area contributed by atoms with Crippen LogP contribution in [0.5, 0.6) is 0 Å². The highest BCUT2D eigenvalue weighted by Gasteiger charge is 2.20. The van der Waals surface area contributed by atoms with Gasteiger partial charge in [-0.1, -0.05) is 24.3 Å². The summed E-state index contributed by atoms with van der Waals surface area (Å²) in [4.78, 5) is 25.8. The summed E-state index contributed by atoms with van der Waals surface area (Å²) < 4.78 is 4.86. The molecule has 0 bridgehead atoms. The number of nitrogens with zero attached hydrogens (tertiary/aromatic N) is 1. The number of rotatable bonds is 4. The Hall–Kier alpha value is -2.56. The summed E-state index contributed by atoms with van der Waals surface area (Å²) in [6.45, 7) is 1.73. The smallest absolute Gasteiger partial charge is 0.254 e. The molecule has 0 saturated heterocycles. The van der Waals surface area contributed by atoms with Crippen molar-refractivity contribution in [2.24, 2.45) is 0 Å². The lowest BCUT2D eigenvalue weighted by Gasteiger charge is -2.29. The molecule has 2 amide bonds. The van der Waals surface area contributed by atoms with Crippen molar-refractivity contribution in [3.05, 3.63) is 59.5 Å². The largest absolute Gasteiger partial charge is 0.472 e. The fourth-order valence-corrected chi connectivity index (χ4v) is 2.65. The molecule has 0 aliphatic carbocycles. The van der Waals surface area contributed by atoms with Crippen LogP contribution in [-0.4, -0.2) is 29.8 Å². The third kappa shape index (κ3) is 3.19. The maximum Gasteiger partial charge on any atom is 0.254 e. The Balaban J connectivity index is 1.48. The third-order valence-corrected chi connectivity index (χ3v) is 3.89. The van der Waals surface area contributed by atoms with Crippen molar-refractivity contribution in [2.75, 3.05) is 13.1 Å². The summed E-state index contributed by atoms with van der Waals surface area (Å²) in [5.41, 5.74) is 3.00. The molecule has 2 aromatic rings. The van der Waals surface area contributed by atoms with Crippen molar-refractivity contribution in [1.82, 2.24) is 10.2 Å². The summed E-state index contributed by atoms with van der Waals surface area (Å²) in [5.74, 6) is -0.146. The molecule has 5 nitrogen and oxygen atoms in total. The van der Waals surface area contributed by atoms with Crippen LogP contribution in [0.3, 0.4) is 0 Å². The summed E-state index contributed by atoms with van der Waals surface area (Å²) in [7, 11) is 0. The summed E-state index contributed by atoms with van der Waals surface area (Å²) in [5, 5.41) is 2.73. The molecule has 1 N–H and O–H groups in total. The van der Waals surface area contributed by atoms with E-state index >= 15 is 0 Å². The number of carbonyl (C=O) groups excluding carboxylic acids is 2. The van der Waals surface area contributed by atoms with Gasteiger partial charge in [-0.25, -0.2) is 0 Å². The molecule has 0 unspecified atom stereocenters. The molecule has 0 atom stereocenters. The van der Waals surface area contributed by atoms with E-state index in [4.69, 9.17) is 4.42 Å². The first-order chi connectivity index (χ1) is 10.7. The Morgan fingerprint density at radius 3 is 2.77 bits per heavy atom. The minimum absolute atomic E-state index is 0.0713. The fraction of sp³-hybridized carbons (Fsp3) is 0.294. The number of benzene rings is 1. The summed E-state index contributed by atoms with van der Waals surface area (Å²) in [6.07, 6.45) is 4.04. The second-order valence-corrected chi connectivity index (χ2v) is 5.35. The van der Waals surface area contributed by atoms with E-state index in [1.54, 1.807) is 6.07 Å². The highest BCUT2D eigenvalue weighted by atomic mass is 16.3. The molecular formula is C17H18N2O3. The predicted molar refractivity (Wildman–Crippen MR) is 81.2 cm³/mol. The van der Waals surface area contributed by atoms with Crippen LogP contribution in [0, 0.1) is 0 Å². The van der Waals surface area contributed by atoms with E-state index in [2.05, 4.69) is 17.4 Å². The van der Waals surface area contributed by atoms with Gasteiger partial charge in [0.15, 0.2) is 0 Å². The van der Waals surface area contributed by atoms with E-state index in [1.807, 2.05) is 17.0 Å². The van der Waals surface area contributed by atoms with Crippen LogP contribution in [0.1, 0.15) is 27.9 Å². The number of fused-ring (bicyclic) bond motifs is 1. The first-order valence-electron chi connectivity index (χ1n) is 7.39. The highest BCUT2D eigenvalue weighted by Crippen LogP contribution is 2.18. The molecule has 5 heteroatoms. The van der Waals surface area contributed by atoms with Crippen molar-refractivity contribution in [3.8, 4) is 0 Å². The predicted octanol–water partition coefficient (Wildman–Crippen LogP) is 1.98. The Morgan fingerprint density at radius 2 is 2.00 bits per heavy atom. The Kier molecular flexibility index (Phi) is 4.23. The van der Waals surface area contributed by atoms with Gasteiger partial charge in [0.2, 0.25) is 5.91 Å². The average Bonchev–Trinajstić information content (AvgIpc) is 3.08. The van der Waals surface area contributed by atoms with E-state index in [-0.39, 0.29) is 11.8 Å². The molecule has 114 valence electrons. The zero-order valence-corrected chi connectivity index (χ0v) is 12.2. The first-order valence-corrected chi connectivity index (χ1v) is 7.39. The van der Waals surface area contributed by atoms with E-state index in [0.29, 0.717) is 25.1 Å². The van der Waals surface area contributed by atoms with Gasteiger partial charge in [0.05, 0.1) is 11.8 Å². The molecule has 3 rings (SSSR count). The van der Waals surface area contributed by atoms with Crippen molar-refractivity contribution >= 4 is 11.8 Å². The van der Waals surface area contributed by atoms with Crippen LogP contribution in [0.25, 0.3) is 0 Å². The zero-order chi connectivity index (χ0) is 15.4. The van der Waals surface area contributed by atoms with Crippen LogP contribution >= 0.6 is 0 Å². The molecular weight excluding hydrogens is 280 g/mol. The average molecular weight is 298 g/mol. The van der Waals surface area contributed by atoms with Crippen molar-refractivity contribution < 1.29 is 14.0 Å². The second kappa shape index (κ2) is 6.47. The van der Waals surface area contributed by atoms with Gasteiger partial charge in [-0.05, 0) is 23.6 Å². The maximum atomic E-state index is 12.2. The van der Waals surface area contributed by atoms with Gasteiger partial charge in [0.1, 0.15) is 6.26 Å². The summed E-state index contributed by atoms with van der Waals surface area (Å²) in [6, 6.07) is 9.80. The molecule has 1 aliphatic heterocycles. The number of amides is 2. The lowest BCUT2D eigenvalue weighted by Crippen LogP contribution is -2.38. The Morgan fingerprint density at radius 1 is 1.18 bits per heavy atom. The Bertz CT molecular complexity index is 664. The van der Waals surface area contributed by atoms with Crippen molar-refractivity contribution in [1.29, 1.82) is 0 Å². The summed E-state index contributed by atoms with van der Waals surface area (Å²) >= 11 is 0. The van der Waals surface area contributed by atoms with Gasteiger partial charge in [-0.2, -0.15) is 0 Å². The normalized spacial score (nSPS) is 13.5. The SMILES string of the molecule is O=C(NCCC(=O)N1CCc2ccccc2C1)c1ccoc1. The van der Waals surface area contributed by atoms with E-state index in [9.17, 15) is 9.59 Å². The lowest BCUT2D eigenvalue weighted by atomic mass is 10.00. The van der Waals surface area contributed by atoms with Crippen LogP contribution in [0.4, 0.5) is 0 Å². The standard InChI is InChI=1S/C17H18N2O3/c20-16(5-8-18-17(21)15-7-10-22-12-15)19-9-6-13-3-1-2-4-14(13)11-19/h1-4,7,10,12H,5-6,8-9,11H2,(H,18,21). The number of hydrogen-bond donors (Lipinski definition) is 1. The van der Waals surface area contributed by atoms with Crippen LogP contribution < -0.4 is 5.32 Å². The van der Waals surface area contributed by atoms with Gasteiger partial charge in [-0.3, -0.25) is 9.59 Å². The molecule has 1 aliphatic rings. The van der Waals surface area contributed by atoms with Gasteiger partial charge < -0.3 is 14.6 Å². The van der Waals surface area contributed by atoms with Gasteiger partial charge in [-0.15, -0.1) is 0 Å². The molecule has 0 saturated carbocycles. The molecule has 0 fully saturated rings. The minimum Gasteiger partial charge on any atom is -0.472 e. The molecule has 0 radical (unpaired) electrons.